The molecule has 0 aliphatic heterocycles. The van der Waals surface area contributed by atoms with E-state index in [9.17, 15) is 15.2 Å². The molecule has 1 saturated carbocycles. The molecule has 1 aromatic heterocycles. The summed E-state index contributed by atoms with van der Waals surface area (Å²) in [5.41, 5.74) is 2.89. The lowest BCUT2D eigenvalue weighted by Crippen LogP contribution is -2.23. The summed E-state index contributed by atoms with van der Waals surface area (Å²) in [6.45, 7) is 0. The lowest BCUT2D eigenvalue weighted by atomic mass is 9.92. The van der Waals surface area contributed by atoms with Crippen LogP contribution in [0.15, 0.2) is 48.5 Å². The Morgan fingerprint density at radius 3 is 2.68 bits per heavy atom. The van der Waals surface area contributed by atoms with E-state index < -0.39 is 6.10 Å². The smallest absolute Gasteiger partial charge is 0.229 e. The number of nitriles is 1. The van der Waals surface area contributed by atoms with Crippen molar-refractivity contribution in [1.82, 2.24) is 9.55 Å². The molecule has 1 fully saturated rings. The fraction of sp³-hybridized carbons (Fsp3) is 0.318. The second-order valence-electron chi connectivity index (χ2n) is 6.88. The lowest BCUT2D eigenvalue weighted by molar-refractivity contribution is -0.118. The number of benzene rings is 2. The third-order valence-corrected chi connectivity index (χ3v) is 5.07. The van der Waals surface area contributed by atoms with Gasteiger partial charge in [-0.2, -0.15) is 5.26 Å². The van der Waals surface area contributed by atoms with Crippen molar-refractivity contribution >= 4 is 22.9 Å². The molecule has 4 rings (SSSR count). The molecule has 0 spiro atoms. The van der Waals surface area contributed by atoms with Crippen LogP contribution >= 0.6 is 0 Å². The number of fused-ring (bicyclic) bond motifs is 1. The number of imidazole rings is 1. The number of carbonyl (C=O) groups excluding carboxylic acids is 1. The highest BCUT2D eigenvalue weighted by Gasteiger charge is 2.26. The van der Waals surface area contributed by atoms with Gasteiger partial charge in [-0.15, -0.1) is 0 Å². The van der Waals surface area contributed by atoms with Crippen molar-refractivity contribution in [3.05, 3.63) is 59.7 Å². The molecule has 0 bridgehead atoms. The summed E-state index contributed by atoms with van der Waals surface area (Å²) in [5, 5.41) is 22.3. The van der Waals surface area contributed by atoms with Gasteiger partial charge >= 0.3 is 0 Å². The molecule has 1 atom stereocenters. The predicted octanol–water partition coefficient (Wildman–Crippen LogP) is 4.33. The van der Waals surface area contributed by atoms with Gasteiger partial charge in [-0.3, -0.25) is 10.1 Å². The summed E-state index contributed by atoms with van der Waals surface area (Å²) < 4.78 is 2.02. The van der Waals surface area contributed by atoms with Crippen molar-refractivity contribution in [3.63, 3.8) is 0 Å². The quantitative estimate of drug-likeness (QED) is 0.693. The molecule has 0 saturated heterocycles. The number of nitrogens with zero attached hydrogens (tertiary/aromatic N) is 3. The number of hydrogen-bond donors (Lipinski definition) is 2. The molecule has 1 aliphatic rings. The lowest BCUT2D eigenvalue weighted by Gasteiger charge is -2.29. The Hall–Kier alpha value is -3.17. The van der Waals surface area contributed by atoms with Crippen molar-refractivity contribution < 1.29 is 9.90 Å². The minimum atomic E-state index is -0.863. The molecule has 0 unspecified atom stereocenters. The third kappa shape index (κ3) is 3.75. The average Bonchev–Trinajstić information content (AvgIpc) is 2.98. The van der Waals surface area contributed by atoms with Crippen LogP contribution in [-0.4, -0.2) is 20.6 Å². The zero-order valence-corrected chi connectivity index (χ0v) is 14.8. The Labute approximate surface area is 164 Å². The molecule has 28 heavy (non-hydrogen) atoms. The minimum Gasteiger partial charge on any atom is -0.388 e. The van der Waals surface area contributed by atoms with Crippen LogP contribution in [0.4, 0.5) is 5.95 Å². The molecule has 2 aromatic carbocycles. The molecular formula is C22H24N4O2. The van der Waals surface area contributed by atoms with E-state index in [-0.39, 0.29) is 25.8 Å². The van der Waals surface area contributed by atoms with E-state index >= 15 is 0 Å². The first kappa shape index (κ1) is 19.6. The van der Waals surface area contributed by atoms with Gasteiger partial charge in [-0.25, -0.2) is 4.98 Å². The van der Waals surface area contributed by atoms with Crippen molar-refractivity contribution in [2.75, 3.05) is 5.32 Å². The summed E-state index contributed by atoms with van der Waals surface area (Å²) in [6, 6.07) is 16.9. The van der Waals surface area contributed by atoms with Crippen LogP contribution in [-0.2, 0) is 4.79 Å². The highest BCUT2D eigenvalue weighted by Crippen LogP contribution is 2.37. The zero-order valence-electron chi connectivity index (χ0n) is 14.8. The summed E-state index contributed by atoms with van der Waals surface area (Å²) >= 11 is 0. The maximum atomic E-state index is 12.5. The Morgan fingerprint density at radius 2 is 2.04 bits per heavy atom. The molecule has 0 radical (unpaired) electrons. The van der Waals surface area contributed by atoms with E-state index in [1.807, 2.05) is 28.8 Å². The molecule has 3 aromatic rings. The zero-order chi connectivity index (χ0) is 18.8. The number of carbonyl (C=O) groups is 1. The van der Waals surface area contributed by atoms with Crippen LogP contribution in [0.2, 0.25) is 0 Å². The third-order valence-electron chi connectivity index (χ3n) is 5.07. The number of nitrogens with one attached hydrogen (secondary N) is 1. The normalized spacial score (nSPS) is 14.6. The van der Waals surface area contributed by atoms with Crippen molar-refractivity contribution in [2.45, 2.75) is 45.3 Å². The molecular weight excluding hydrogens is 352 g/mol. The number of amides is 1. The van der Waals surface area contributed by atoms with E-state index in [2.05, 4.69) is 16.4 Å². The Bertz CT molecular complexity index is 1020. The van der Waals surface area contributed by atoms with Gasteiger partial charge in [0.15, 0.2) is 0 Å². The SMILES string of the molecule is C.N#Cc1ccc2nc(NC(=O)C[C@@H](O)c3ccccc3)n(C3CCC3)c2c1. The molecule has 1 aliphatic carbocycles. The van der Waals surface area contributed by atoms with Gasteiger partial charge in [0.05, 0.1) is 35.2 Å². The number of aromatic nitrogens is 2. The largest absolute Gasteiger partial charge is 0.388 e. The fourth-order valence-electron chi connectivity index (χ4n) is 3.41. The number of aliphatic hydroxyl groups is 1. The molecule has 144 valence electrons. The van der Waals surface area contributed by atoms with E-state index in [1.165, 1.54) is 0 Å². The second kappa shape index (κ2) is 8.24. The van der Waals surface area contributed by atoms with Crippen LogP contribution < -0.4 is 5.32 Å². The Morgan fingerprint density at radius 1 is 1.29 bits per heavy atom. The number of aliphatic hydroxyl groups excluding tert-OH is 1. The summed E-state index contributed by atoms with van der Waals surface area (Å²) in [7, 11) is 0. The highest BCUT2D eigenvalue weighted by atomic mass is 16.3. The molecule has 2 N–H and O–H groups in total. The van der Waals surface area contributed by atoms with Gasteiger partial charge in [0.2, 0.25) is 11.9 Å². The number of rotatable bonds is 5. The van der Waals surface area contributed by atoms with Gasteiger partial charge in [0.25, 0.3) is 0 Å². The molecule has 6 heteroatoms. The van der Waals surface area contributed by atoms with Crippen LogP contribution in [0, 0.1) is 11.3 Å². The fourth-order valence-corrected chi connectivity index (χ4v) is 3.41. The van der Waals surface area contributed by atoms with Crippen LogP contribution in [0.5, 0.6) is 0 Å². The van der Waals surface area contributed by atoms with Crippen LogP contribution in [0.25, 0.3) is 11.0 Å². The van der Waals surface area contributed by atoms with Crippen molar-refractivity contribution in [2.24, 2.45) is 0 Å². The maximum absolute atomic E-state index is 12.5. The van der Waals surface area contributed by atoms with E-state index in [1.54, 1.807) is 24.3 Å². The first-order valence-corrected chi connectivity index (χ1v) is 9.10. The van der Waals surface area contributed by atoms with Crippen molar-refractivity contribution in [3.8, 4) is 6.07 Å². The van der Waals surface area contributed by atoms with Gasteiger partial charge in [0, 0.05) is 6.04 Å². The average molecular weight is 376 g/mol. The second-order valence-corrected chi connectivity index (χ2v) is 6.88. The standard InChI is InChI=1S/C21H20N4O2.CH4/c22-13-14-9-10-17-18(11-14)25(16-7-4-8-16)21(23-17)24-20(27)12-19(26)15-5-2-1-3-6-15;/h1-3,5-6,9-11,16,19,26H,4,7-8,12H2,(H,23,24,27);1H4/t19-;/m1./s1. The maximum Gasteiger partial charge on any atom is 0.229 e. The van der Waals surface area contributed by atoms with Gasteiger partial charge < -0.3 is 9.67 Å². The van der Waals surface area contributed by atoms with Gasteiger partial charge in [-0.05, 0) is 43.0 Å². The van der Waals surface area contributed by atoms with E-state index in [4.69, 9.17) is 0 Å². The molecule has 6 nitrogen and oxygen atoms in total. The summed E-state index contributed by atoms with van der Waals surface area (Å²) in [4.78, 5) is 17.1. The summed E-state index contributed by atoms with van der Waals surface area (Å²) in [6.07, 6.45) is 2.29. The molecule has 1 amide bonds. The first-order valence-electron chi connectivity index (χ1n) is 9.10. The van der Waals surface area contributed by atoms with Gasteiger partial charge in [-0.1, -0.05) is 37.8 Å². The topological polar surface area (TPSA) is 90.9 Å². The molecule has 1 heterocycles. The van der Waals surface area contributed by atoms with Crippen LogP contribution in [0.3, 0.4) is 0 Å². The monoisotopic (exact) mass is 376 g/mol. The number of anilines is 1. The Kier molecular flexibility index (Phi) is 5.76. The van der Waals surface area contributed by atoms with Gasteiger partial charge in [0.1, 0.15) is 0 Å². The summed E-state index contributed by atoms with van der Waals surface area (Å²) in [5.74, 6) is 0.192. The minimum absolute atomic E-state index is 0. The van der Waals surface area contributed by atoms with E-state index in [0.29, 0.717) is 17.1 Å². The van der Waals surface area contributed by atoms with Crippen molar-refractivity contribution in [1.29, 1.82) is 5.26 Å². The van der Waals surface area contributed by atoms with Crippen LogP contribution in [0.1, 0.15) is 56.4 Å². The predicted molar refractivity (Wildman–Crippen MR) is 109 cm³/mol. The van der Waals surface area contributed by atoms with E-state index in [0.717, 1.165) is 30.3 Å². The Balaban J connectivity index is 0.00000225. The first-order chi connectivity index (χ1) is 13.2. The number of hydrogen-bond acceptors (Lipinski definition) is 4. The highest BCUT2D eigenvalue weighted by molar-refractivity contribution is 5.92.